The normalized spacial score (nSPS) is 12.9. The topological polar surface area (TPSA) is 99.5 Å². The van der Waals surface area contributed by atoms with Gasteiger partial charge < -0.3 is 14.8 Å². The zero-order valence-electron chi connectivity index (χ0n) is 22.5. The van der Waals surface area contributed by atoms with Gasteiger partial charge in [-0.15, -0.1) is 0 Å². The maximum atomic E-state index is 13.9. The van der Waals surface area contributed by atoms with Crippen LogP contribution in [0.25, 0.3) is 22.7 Å². The third-order valence-corrected chi connectivity index (χ3v) is 5.09. The molecule has 0 aliphatic heterocycles. The highest BCUT2D eigenvalue weighted by Gasteiger charge is 2.23. The lowest BCUT2D eigenvalue weighted by molar-refractivity contribution is -0.153. The fraction of sp³-hybridized carbons (Fsp3) is 0.379. The molecule has 0 radical (unpaired) electrons. The van der Waals surface area contributed by atoms with Crippen LogP contribution in [0.4, 0.5) is 4.79 Å². The van der Waals surface area contributed by atoms with Gasteiger partial charge in [0.25, 0.3) is 5.56 Å². The lowest BCUT2D eigenvalue weighted by Crippen LogP contribution is -2.37. The van der Waals surface area contributed by atoms with Gasteiger partial charge in [-0.25, -0.2) is 9.78 Å². The molecule has 3 aromatic rings. The molecule has 0 saturated carbocycles. The van der Waals surface area contributed by atoms with E-state index >= 15 is 0 Å². The largest absolute Gasteiger partial charge is 0.460 e. The molecule has 2 aromatic carbocycles. The second-order valence-corrected chi connectivity index (χ2v) is 10.7. The van der Waals surface area contributed by atoms with Gasteiger partial charge in [0.1, 0.15) is 17.0 Å². The molecule has 0 unspecified atom stereocenters. The molecule has 8 nitrogen and oxygen atoms in total. The van der Waals surface area contributed by atoms with E-state index in [-0.39, 0.29) is 17.9 Å². The first-order valence-electron chi connectivity index (χ1n) is 12.2. The van der Waals surface area contributed by atoms with Gasteiger partial charge in [-0.2, -0.15) is 0 Å². The number of nitrogens with one attached hydrogen (secondary N) is 1. The molecule has 0 bridgehead atoms. The van der Waals surface area contributed by atoms with Crippen molar-refractivity contribution in [2.45, 2.75) is 72.1 Å². The van der Waals surface area contributed by atoms with Crippen molar-refractivity contribution in [2.75, 3.05) is 0 Å². The summed E-state index contributed by atoms with van der Waals surface area (Å²) < 4.78 is 12.2. The summed E-state index contributed by atoms with van der Waals surface area (Å²) in [6.45, 7) is 12.5. The molecule has 0 aliphatic rings. The van der Waals surface area contributed by atoms with Gasteiger partial charge in [0.15, 0.2) is 0 Å². The Morgan fingerprint density at radius 3 is 2.24 bits per heavy atom. The molecule has 1 amide bonds. The molecular weight excluding hydrogens is 470 g/mol. The number of hydrogen-bond acceptors (Lipinski definition) is 6. The van der Waals surface area contributed by atoms with Crippen LogP contribution >= 0.6 is 0 Å². The number of amides is 1. The van der Waals surface area contributed by atoms with E-state index in [1.54, 1.807) is 70.2 Å². The molecule has 0 saturated heterocycles. The van der Waals surface area contributed by atoms with Crippen LogP contribution in [0, 0.1) is 0 Å². The van der Waals surface area contributed by atoms with Crippen molar-refractivity contribution in [3.05, 3.63) is 76.3 Å². The van der Waals surface area contributed by atoms with E-state index in [2.05, 4.69) is 5.32 Å². The average Bonchev–Trinajstić information content (AvgIpc) is 2.77. The number of aromatic nitrogens is 2. The molecule has 1 atom stereocenters. The lowest BCUT2D eigenvalue weighted by Gasteiger charge is -2.23. The monoisotopic (exact) mass is 505 g/mol. The van der Waals surface area contributed by atoms with E-state index in [0.29, 0.717) is 28.0 Å². The minimum Gasteiger partial charge on any atom is -0.460 e. The van der Waals surface area contributed by atoms with Gasteiger partial charge in [0.2, 0.25) is 0 Å². The first-order valence-corrected chi connectivity index (χ1v) is 12.2. The predicted octanol–water partition coefficient (Wildman–Crippen LogP) is 5.72. The van der Waals surface area contributed by atoms with Gasteiger partial charge >= 0.3 is 12.1 Å². The average molecular weight is 506 g/mol. The minimum atomic E-state index is -0.666. The van der Waals surface area contributed by atoms with E-state index in [4.69, 9.17) is 14.5 Å². The van der Waals surface area contributed by atoms with E-state index < -0.39 is 23.3 Å². The third-order valence-electron chi connectivity index (χ3n) is 5.09. The van der Waals surface area contributed by atoms with Crippen molar-refractivity contribution >= 4 is 29.0 Å². The number of hydrogen-bond donors (Lipinski definition) is 1. The van der Waals surface area contributed by atoms with Crippen molar-refractivity contribution in [2.24, 2.45) is 0 Å². The summed E-state index contributed by atoms with van der Waals surface area (Å²) in [6, 6.07) is 13.8. The van der Waals surface area contributed by atoms with Gasteiger partial charge in [-0.05, 0) is 72.2 Å². The maximum absolute atomic E-state index is 13.9. The highest BCUT2D eigenvalue weighted by atomic mass is 16.6. The zero-order valence-corrected chi connectivity index (χ0v) is 22.5. The Labute approximate surface area is 217 Å². The molecule has 0 fully saturated rings. The van der Waals surface area contributed by atoms with Crippen molar-refractivity contribution in [3.63, 3.8) is 0 Å². The number of nitrogens with zero attached hydrogens (tertiary/aromatic N) is 2. The van der Waals surface area contributed by atoms with Crippen LogP contribution < -0.4 is 10.9 Å². The number of carbonyl (C=O) groups excluding carboxylic acids is 2. The summed E-state index contributed by atoms with van der Waals surface area (Å²) in [6.07, 6.45) is 2.87. The zero-order chi connectivity index (χ0) is 27.4. The first kappa shape index (κ1) is 27.6. The Morgan fingerprint density at radius 2 is 1.62 bits per heavy atom. The van der Waals surface area contributed by atoms with Crippen LogP contribution in [-0.2, 0) is 14.3 Å². The number of benzene rings is 2. The third kappa shape index (κ3) is 7.52. The molecule has 1 N–H and O–H groups in total. The molecule has 0 spiro atoms. The van der Waals surface area contributed by atoms with Crippen LogP contribution in [0.2, 0.25) is 0 Å². The Balaban J connectivity index is 2.07. The van der Waals surface area contributed by atoms with Crippen molar-refractivity contribution in [3.8, 4) is 5.69 Å². The molecule has 37 heavy (non-hydrogen) atoms. The number of carbonyl (C=O) groups is 2. The second-order valence-electron chi connectivity index (χ2n) is 10.7. The van der Waals surface area contributed by atoms with Crippen LogP contribution in [0.15, 0.2) is 59.4 Å². The Kier molecular flexibility index (Phi) is 8.21. The van der Waals surface area contributed by atoms with Gasteiger partial charge in [0.05, 0.1) is 29.1 Å². The Bertz CT molecular complexity index is 1360. The summed E-state index contributed by atoms with van der Waals surface area (Å²) in [5, 5.41) is 3.19. The summed E-state index contributed by atoms with van der Waals surface area (Å²) in [7, 11) is 0. The number of ether oxygens (including phenoxy) is 2. The van der Waals surface area contributed by atoms with E-state index in [0.717, 1.165) is 0 Å². The molecular formula is C29H35N3O5. The van der Waals surface area contributed by atoms with Crippen LogP contribution in [-0.4, -0.2) is 32.8 Å². The highest BCUT2D eigenvalue weighted by Crippen LogP contribution is 2.22. The minimum absolute atomic E-state index is 0.0723. The van der Waals surface area contributed by atoms with Crippen LogP contribution in [0.1, 0.15) is 72.3 Å². The molecule has 196 valence electrons. The first-order chi connectivity index (χ1) is 17.2. The maximum Gasteiger partial charge on any atom is 0.408 e. The highest BCUT2D eigenvalue weighted by molar-refractivity contribution is 5.88. The smallest absolute Gasteiger partial charge is 0.408 e. The van der Waals surface area contributed by atoms with Crippen molar-refractivity contribution < 1.29 is 19.1 Å². The fourth-order valence-electron chi connectivity index (χ4n) is 3.74. The van der Waals surface area contributed by atoms with Crippen LogP contribution in [0.5, 0.6) is 0 Å². The molecule has 1 heterocycles. The van der Waals surface area contributed by atoms with Crippen molar-refractivity contribution in [1.29, 1.82) is 0 Å². The van der Waals surface area contributed by atoms with E-state index in [1.165, 1.54) is 4.57 Å². The van der Waals surface area contributed by atoms with Crippen molar-refractivity contribution in [1.82, 2.24) is 14.9 Å². The predicted molar refractivity (Wildman–Crippen MR) is 145 cm³/mol. The molecule has 8 heteroatoms. The quantitative estimate of drug-likeness (QED) is 0.431. The van der Waals surface area contributed by atoms with E-state index in [9.17, 15) is 14.4 Å². The number of fused-ring (bicyclic) bond motifs is 1. The van der Waals surface area contributed by atoms with Gasteiger partial charge in [-0.1, -0.05) is 42.5 Å². The summed E-state index contributed by atoms with van der Waals surface area (Å²) in [5.74, 6) is 0.0116. The lowest BCUT2D eigenvalue weighted by atomic mass is 10.1. The Morgan fingerprint density at radius 1 is 0.973 bits per heavy atom. The Hall–Kier alpha value is -3.94. The summed E-state index contributed by atoms with van der Waals surface area (Å²) in [5.41, 5.74) is 0.189. The van der Waals surface area contributed by atoms with Gasteiger partial charge in [0, 0.05) is 0 Å². The summed E-state index contributed by atoms with van der Waals surface area (Å²) in [4.78, 5) is 43.3. The van der Waals surface area contributed by atoms with E-state index in [1.807, 2.05) is 39.0 Å². The standard InChI is InChI=1S/C29H35N3O5/c1-19(30-27(35)37-29(5,6)7)25-31-22-17-11-13-20(14-12-18-23(33)36-28(2,3)4)24(22)26(34)32(25)21-15-9-8-10-16-21/h8-17,19H,18H2,1-7H3,(H,30,35)/t19-/m0/s1. The second kappa shape index (κ2) is 11.0. The number of alkyl carbamates (subject to hydrolysis) is 1. The molecule has 0 aliphatic carbocycles. The number of rotatable bonds is 6. The molecule has 1 aromatic heterocycles. The number of para-hydroxylation sites is 1. The molecule has 3 rings (SSSR count). The summed E-state index contributed by atoms with van der Waals surface area (Å²) >= 11 is 0. The van der Waals surface area contributed by atoms with Crippen LogP contribution in [0.3, 0.4) is 0 Å². The fourth-order valence-corrected chi connectivity index (χ4v) is 3.74. The van der Waals surface area contributed by atoms with Gasteiger partial charge in [-0.3, -0.25) is 14.2 Å². The SMILES string of the molecule is C[C@H](NC(=O)OC(C)(C)C)c1nc2cccc(C=CCC(=O)OC(C)(C)C)c2c(=O)n1-c1ccccc1. The number of esters is 1.